The number of nitrogens with two attached hydrogens (primary N) is 1. The average Bonchev–Trinajstić information content (AvgIpc) is 3.17. The van der Waals surface area contributed by atoms with Gasteiger partial charge in [0, 0.05) is 5.02 Å². The summed E-state index contributed by atoms with van der Waals surface area (Å²) in [5.41, 5.74) is 6.61. The number of hydrogen-bond acceptors (Lipinski definition) is 6. The number of nitrogens with zero attached hydrogens (tertiary/aromatic N) is 2. The Morgan fingerprint density at radius 2 is 2.00 bits per heavy atom. The van der Waals surface area contributed by atoms with Crippen LogP contribution in [0.3, 0.4) is 0 Å². The van der Waals surface area contributed by atoms with Crippen molar-refractivity contribution in [3.05, 3.63) is 56.3 Å². The summed E-state index contributed by atoms with van der Waals surface area (Å²) in [5, 5.41) is 10.4. The molecule has 0 bridgehead atoms. The number of benzene rings is 1. The van der Waals surface area contributed by atoms with Crippen LogP contribution >= 0.6 is 22.9 Å². The molecule has 4 N–H and O–H groups in total. The van der Waals surface area contributed by atoms with Gasteiger partial charge in [-0.2, -0.15) is 5.10 Å². The van der Waals surface area contributed by atoms with E-state index in [1.165, 1.54) is 11.3 Å². The number of aromatic nitrogens is 3. The molecule has 0 aliphatic heterocycles. The first kappa shape index (κ1) is 18.9. The van der Waals surface area contributed by atoms with Crippen molar-refractivity contribution in [1.82, 2.24) is 15.2 Å². The minimum atomic E-state index is -0.729. The Labute approximate surface area is 163 Å². The Hall–Kier alpha value is -2.91. The molecule has 0 aliphatic rings. The fraction of sp³-hybridized carbons (Fsp3) is 0.176. The quantitative estimate of drug-likeness (QED) is 0.581. The molecule has 0 spiro atoms. The third-order valence-corrected chi connectivity index (χ3v) is 5.02. The predicted octanol–water partition coefficient (Wildman–Crippen LogP) is 3.07. The van der Waals surface area contributed by atoms with Crippen LogP contribution in [0.4, 0.5) is 5.69 Å². The van der Waals surface area contributed by atoms with Crippen LogP contribution in [0, 0.1) is 13.8 Å². The van der Waals surface area contributed by atoms with Crippen molar-refractivity contribution in [3.63, 3.8) is 0 Å². The number of thiazole rings is 1. The lowest BCUT2D eigenvalue weighted by molar-refractivity contribution is 0.0996. The summed E-state index contributed by atoms with van der Waals surface area (Å²) in [4.78, 5) is 28.8. The first-order chi connectivity index (χ1) is 12.8. The van der Waals surface area contributed by atoms with E-state index in [2.05, 4.69) is 20.5 Å². The molecule has 2 aromatic heterocycles. The lowest BCUT2D eigenvalue weighted by Gasteiger charge is -2.04. The van der Waals surface area contributed by atoms with Gasteiger partial charge in [-0.1, -0.05) is 11.6 Å². The molecular formula is C17H16ClN5O3S. The molecule has 27 heavy (non-hydrogen) atoms. The standard InChI is InChI=1S/C17H16ClN5O3S/c1-8-13(14(16(19)24)23-22-8)21-17(25)15-9(2)20-12(27-15)7-26-11-5-3-10(18)4-6-11/h3-6H,7H2,1-2H3,(H2,19,24)(H,21,25)(H,22,23). The number of carbonyl (C=O) groups is 2. The van der Waals surface area contributed by atoms with Crippen LogP contribution in [0.2, 0.25) is 5.02 Å². The summed E-state index contributed by atoms with van der Waals surface area (Å²) in [7, 11) is 0. The zero-order chi connectivity index (χ0) is 19.6. The number of aromatic amines is 1. The number of halogens is 1. The van der Waals surface area contributed by atoms with Gasteiger partial charge < -0.3 is 15.8 Å². The number of rotatable bonds is 6. The minimum absolute atomic E-state index is 0.0192. The van der Waals surface area contributed by atoms with Gasteiger partial charge >= 0.3 is 0 Å². The molecule has 0 saturated carbocycles. The number of carbonyl (C=O) groups excluding carboxylic acids is 2. The molecule has 1 aromatic carbocycles. The zero-order valence-corrected chi connectivity index (χ0v) is 16.1. The summed E-state index contributed by atoms with van der Waals surface area (Å²) in [6.45, 7) is 3.63. The molecule has 0 aliphatic carbocycles. The third-order valence-electron chi connectivity index (χ3n) is 3.64. The number of amides is 2. The van der Waals surface area contributed by atoms with Crippen molar-refractivity contribution in [1.29, 1.82) is 0 Å². The molecule has 10 heteroatoms. The van der Waals surface area contributed by atoms with Gasteiger partial charge in [0.1, 0.15) is 22.2 Å². The molecule has 0 saturated heterocycles. The highest BCUT2D eigenvalue weighted by Crippen LogP contribution is 2.24. The van der Waals surface area contributed by atoms with Gasteiger partial charge in [-0.05, 0) is 38.1 Å². The Morgan fingerprint density at radius 1 is 1.30 bits per heavy atom. The SMILES string of the molecule is Cc1nc(COc2ccc(Cl)cc2)sc1C(=O)Nc1c(C(N)=O)n[nH]c1C. The largest absolute Gasteiger partial charge is 0.486 e. The summed E-state index contributed by atoms with van der Waals surface area (Å²) >= 11 is 7.05. The van der Waals surface area contributed by atoms with Crippen molar-refractivity contribution in [2.75, 3.05) is 5.32 Å². The van der Waals surface area contributed by atoms with Crippen molar-refractivity contribution in [3.8, 4) is 5.75 Å². The Kier molecular flexibility index (Phi) is 5.43. The number of anilines is 1. The van der Waals surface area contributed by atoms with Gasteiger partial charge in [-0.25, -0.2) is 4.98 Å². The zero-order valence-electron chi connectivity index (χ0n) is 14.5. The normalized spacial score (nSPS) is 10.6. The lowest BCUT2D eigenvalue weighted by atomic mass is 10.2. The highest BCUT2D eigenvalue weighted by atomic mass is 35.5. The van der Waals surface area contributed by atoms with Crippen molar-refractivity contribution < 1.29 is 14.3 Å². The fourth-order valence-corrected chi connectivity index (χ4v) is 3.33. The van der Waals surface area contributed by atoms with Crippen LogP contribution in [0.15, 0.2) is 24.3 Å². The number of primary amides is 1. The Balaban J connectivity index is 1.72. The van der Waals surface area contributed by atoms with E-state index >= 15 is 0 Å². The highest BCUT2D eigenvalue weighted by molar-refractivity contribution is 7.13. The highest BCUT2D eigenvalue weighted by Gasteiger charge is 2.21. The molecular weight excluding hydrogens is 390 g/mol. The van der Waals surface area contributed by atoms with E-state index in [1.54, 1.807) is 38.1 Å². The maximum Gasteiger partial charge on any atom is 0.271 e. The van der Waals surface area contributed by atoms with E-state index in [1.807, 2.05) is 0 Å². The predicted molar refractivity (Wildman–Crippen MR) is 102 cm³/mol. The van der Waals surface area contributed by atoms with Gasteiger partial charge in [0.15, 0.2) is 5.69 Å². The van der Waals surface area contributed by atoms with Crippen LogP contribution < -0.4 is 15.8 Å². The Bertz CT molecular complexity index is 997. The second-order valence-corrected chi connectivity index (χ2v) is 7.18. The van der Waals surface area contributed by atoms with Gasteiger partial charge in [-0.15, -0.1) is 11.3 Å². The van der Waals surface area contributed by atoms with E-state index < -0.39 is 11.8 Å². The van der Waals surface area contributed by atoms with Crippen molar-refractivity contribution in [2.24, 2.45) is 5.73 Å². The summed E-state index contributed by atoms with van der Waals surface area (Å²) in [5.74, 6) is -0.471. The number of hydrogen-bond donors (Lipinski definition) is 3. The first-order valence-corrected chi connectivity index (χ1v) is 9.05. The summed E-state index contributed by atoms with van der Waals surface area (Å²) in [6, 6.07) is 6.96. The average molecular weight is 406 g/mol. The summed E-state index contributed by atoms with van der Waals surface area (Å²) in [6.07, 6.45) is 0. The number of nitrogens with one attached hydrogen (secondary N) is 2. The van der Waals surface area contributed by atoms with Gasteiger partial charge in [0.2, 0.25) is 0 Å². The van der Waals surface area contributed by atoms with Crippen molar-refractivity contribution in [2.45, 2.75) is 20.5 Å². The van der Waals surface area contributed by atoms with Crippen LogP contribution in [0.5, 0.6) is 5.75 Å². The molecule has 3 aromatic rings. The molecule has 0 radical (unpaired) electrons. The molecule has 140 valence electrons. The van der Waals surface area contributed by atoms with Crippen LogP contribution in [-0.4, -0.2) is 27.0 Å². The smallest absolute Gasteiger partial charge is 0.271 e. The first-order valence-electron chi connectivity index (χ1n) is 7.86. The monoisotopic (exact) mass is 405 g/mol. The van der Waals surface area contributed by atoms with Crippen LogP contribution in [-0.2, 0) is 6.61 Å². The van der Waals surface area contributed by atoms with Gasteiger partial charge in [0.25, 0.3) is 11.8 Å². The van der Waals surface area contributed by atoms with E-state index in [0.717, 1.165) is 0 Å². The second-order valence-electron chi connectivity index (χ2n) is 5.66. The van der Waals surface area contributed by atoms with E-state index in [-0.39, 0.29) is 18.0 Å². The molecule has 3 rings (SSSR count). The number of H-pyrrole nitrogens is 1. The second kappa shape index (κ2) is 7.77. The minimum Gasteiger partial charge on any atom is -0.486 e. The Morgan fingerprint density at radius 3 is 2.67 bits per heavy atom. The van der Waals surface area contributed by atoms with Crippen molar-refractivity contribution >= 4 is 40.4 Å². The topological polar surface area (TPSA) is 123 Å². The number of aryl methyl sites for hydroxylation is 2. The van der Waals surface area contributed by atoms with Gasteiger partial charge in [0.05, 0.1) is 17.1 Å². The summed E-state index contributed by atoms with van der Waals surface area (Å²) < 4.78 is 5.65. The third kappa shape index (κ3) is 4.26. The molecule has 2 heterocycles. The van der Waals surface area contributed by atoms with E-state index in [0.29, 0.717) is 32.0 Å². The lowest BCUT2D eigenvalue weighted by Crippen LogP contribution is -2.18. The van der Waals surface area contributed by atoms with Crippen LogP contribution in [0.1, 0.15) is 36.6 Å². The molecule has 2 amide bonds. The number of ether oxygens (including phenoxy) is 1. The molecule has 0 fully saturated rings. The maximum absolute atomic E-state index is 12.6. The molecule has 0 unspecified atom stereocenters. The maximum atomic E-state index is 12.6. The van der Waals surface area contributed by atoms with Crippen LogP contribution in [0.25, 0.3) is 0 Å². The van der Waals surface area contributed by atoms with Gasteiger partial charge in [-0.3, -0.25) is 14.7 Å². The fourth-order valence-electron chi connectivity index (χ4n) is 2.33. The molecule has 8 nitrogen and oxygen atoms in total. The van der Waals surface area contributed by atoms with E-state index in [4.69, 9.17) is 22.1 Å². The molecule has 0 atom stereocenters. The van der Waals surface area contributed by atoms with E-state index in [9.17, 15) is 9.59 Å².